The first-order chi connectivity index (χ1) is 8.10. The smallest absolute Gasteiger partial charge is 0.315 e. The predicted octanol–water partition coefficient (Wildman–Crippen LogP) is 1.20. The molecule has 0 aliphatic heterocycles. The Morgan fingerprint density at radius 1 is 0.882 bits per heavy atom. The topological polar surface area (TPSA) is 69.7 Å². The summed E-state index contributed by atoms with van der Waals surface area (Å²) in [6, 6.07) is 0. The van der Waals surface area contributed by atoms with Gasteiger partial charge >= 0.3 is 11.9 Å². The molecule has 0 aromatic carbocycles. The second kappa shape index (κ2) is 10.1. The van der Waals surface area contributed by atoms with Gasteiger partial charge in [-0.3, -0.25) is 14.4 Å². The van der Waals surface area contributed by atoms with Crippen molar-refractivity contribution < 1.29 is 23.9 Å². The van der Waals surface area contributed by atoms with Crippen molar-refractivity contribution in [1.29, 1.82) is 0 Å². The summed E-state index contributed by atoms with van der Waals surface area (Å²) < 4.78 is 9.40. The molecule has 0 N–H and O–H groups in total. The van der Waals surface area contributed by atoms with Crippen molar-refractivity contribution in [2.45, 2.75) is 26.7 Å². The molecule has 17 heavy (non-hydrogen) atoms. The largest absolute Gasteiger partial charge is 0.466 e. The summed E-state index contributed by atoms with van der Waals surface area (Å²) in [6.45, 7) is 4.11. The van der Waals surface area contributed by atoms with E-state index in [1.54, 1.807) is 13.8 Å². The Morgan fingerprint density at radius 2 is 1.47 bits per heavy atom. The first-order valence-electron chi connectivity index (χ1n) is 5.50. The highest BCUT2D eigenvalue weighted by atomic mass is 32.2. The van der Waals surface area contributed by atoms with Crippen LogP contribution in [0.15, 0.2) is 0 Å². The van der Waals surface area contributed by atoms with Crippen LogP contribution in [-0.4, -0.2) is 42.4 Å². The summed E-state index contributed by atoms with van der Waals surface area (Å²) >= 11 is 1.20. The number of ether oxygens (including phenoxy) is 2. The van der Waals surface area contributed by atoms with Crippen LogP contribution in [0.1, 0.15) is 26.7 Å². The maximum Gasteiger partial charge on any atom is 0.315 e. The van der Waals surface area contributed by atoms with E-state index in [9.17, 15) is 14.4 Å². The van der Waals surface area contributed by atoms with E-state index < -0.39 is 0 Å². The first-order valence-corrected chi connectivity index (χ1v) is 6.66. The number of carbonyl (C=O) groups excluding carboxylic acids is 3. The third kappa shape index (κ3) is 9.86. The van der Waals surface area contributed by atoms with Gasteiger partial charge in [0.25, 0.3) is 0 Å². The van der Waals surface area contributed by atoms with Crippen molar-refractivity contribution in [2.24, 2.45) is 0 Å². The van der Waals surface area contributed by atoms with Gasteiger partial charge in [0.2, 0.25) is 0 Å². The van der Waals surface area contributed by atoms with Crippen molar-refractivity contribution in [2.75, 3.05) is 24.7 Å². The van der Waals surface area contributed by atoms with Crippen LogP contribution in [-0.2, 0) is 23.9 Å². The van der Waals surface area contributed by atoms with Gasteiger partial charge < -0.3 is 9.47 Å². The molecule has 0 rings (SSSR count). The molecular weight excluding hydrogens is 244 g/mol. The molecule has 5 nitrogen and oxygen atoms in total. The molecular formula is C11H18O5S. The number of esters is 2. The molecule has 0 aliphatic carbocycles. The molecule has 0 fully saturated rings. The van der Waals surface area contributed by atoms with Crippen LogP contribution in [0.5, 0.6) is 0 Å². The quantitative estimate of drug-likeness (QED) is 0.581. The molecule has 98 valence electrons. The number of carbonyl (C=O) groups is 3. The minimum absolute atomic E-state index is 0.0626. The SMILES string of the molecule is CCOC(=O)CCC(=O)CSCC(=O)OCC. The molecule has 0 bridgehead atoms. The molecule has 0 saturated heterocycles. The second-order valence-electron chi connectivity index (χ2n) is 3.14. The normalized spacial score (nSPS) is 9.76. The Hall–Kier alpha value is -1.04. The van der Waals surface area contributed by atoms with Gasteiger partial charge in [-0.15, -0.1) is 11.8 Å². The van der Waals surface area contributed by atoms with E-state index in [2.05, 4.69) is 0 Å². The predicted molar refractivity (Wildman–Crippen MR) is 64.8 cm³/mol. The molecule has 0 heterocycles. The third-order valence-corrected chi connectivity index (χ3v) is 2.67. The van der Waals surface area contributed by atoms with E-state index in [0.717, 1.165) is 0 Å². The molecule has 0 saturated carbocycles. The summed E-state index contributed by atoms with van der Waals surface area (Å²) in [7, 11) is 0. The number of hydrogen-bond donors (Lipinski definition) is 0. The second-order valence-corrected chi connectivity index (χ2v) is 4.13. The lowest BCUT2D eigenvalue weighted by atomic mass is 10.2. The fourth-order valence-corrected chi connectivity index (χ4v) is 1.72. The van der Waals surface area contributed by atoms with Crippen molar-refractivity contribution >= 4 is 29.5 Å². The maximum atomic E-state index is 11.3. The zero-order valence-corrected chi connectivity index (χ0v) is 11.0. The van der Waals surface area contributed by atoms with Crippen LogP contribution in [0.2, 0.25) is 0 Å². The molecule has 0 aromatic rings. The van der Waals surface area contributed by atoms with E-state index >= 15 is 0 Å². The zero-order valence-electron chi connectivity index (χ0n) is 10.2. The van der Waals surface area contributed by atoms with Gasteiger partial charge in [0.05, 0.1) is 31.1 Å². The summed E-state index contributed by atoms with van der Waals surface area (Å²) in [5.41, 5.74) is 0. The maximum absolute atomic E-state index is 11.3. The number of ketones is 1. The van der Waals surface area contributed by atoms with Crippen LogP contribution in [0, 0.1) is 0 Å². The van der Waals surface area contributed by atoms with E-state index in [4.69, 9.17) is 9.47 Å². The molecule has 0 spiro atoms. The van der Waals surface area contributed by atoms with Gasteiger partial charge in [0.1, 0.15) is 5.78 Å². The van der Waals surface area contributed by atoms with E-state index in [1.165, 1.54) is 11.8 Å². The van der Waals surface area contributed by atoms with E-state index in [0.29, 0.717) is 13.2 Å². The van der Waals surface area contributed by atoms with Crippen LogP contribution >= 0.6 is 11.8 Å². The average Bonchev–Trinajstić information content (AvgIpc) is 2.27. The lowest BCUT2D eigenvalue weighted by Gasteiger charge is -2.02. The number of Topliss-reactive ketones (excluding diaryl/α,β-unsaturated/α-hetero) is 1. The lowest BCUT2D eigenvalue weighted by Crippen LogP contribution is -2.11. The Kier molecular flexibility index (Phi) is 9.52. The van der Waals surface area contributed by atoms with Gasteiger partial charge in [-0.05, 0) is 13.8 Å². The van der Waals surface area contributed by atoms with Crippen LogP contribution in [0.4, 0.5) is 0 Å². The molecule has 0 atom stereocenters. The standard InChI is InChI=1S/C11H18O5S/c1-3-15-10(13)6-5-9(12)7-17-8-11(14)16-4-2/h3-8H2,1-2H3. The van der Waals surface area contributed by atoms with Crippen molar-refractivity contribution in [3.63, 3.8) is 0 Å². The van der Waals surface area contributed by atoms with E-state index in [-0.39, 0.29) is 42.1 Å². The molecule has 0 aliphatic rings. The first kappa shape index (κ1) is 16.0. The molecule has 6 heteroatoms. The highest BCUT2D eigenvalue weighted by molar-refractivity contribution is 8.00. The van der Waals surface area contributed by atoms with Gasteiger partial charge in [0, 0.05) is 6.42 Å². The third-order valence-electron chi connectivity index (χ3n) is 1.70. The highest BCUT2D eigenvalue weighted by Crippen LogP contribution is 2.04. The van der Waals surface area contributed by atoms with Crippen molar-refractivity contribution in [1.82, 2.24) is 0 Å². The lowest BCUT2D eigenvalue weighted by molar-refractivity contribution is -0.144. The Morgan fingerprint density at radius 3 is 2.06 bits per heavy atom. The molecule has 0 amide bonds. The summed E-state index contributed by atoms with van der Waals surface area (Å²) in [6.07, 6.45) is 0.265. The molecule has 0 unspecified atom stereocenters. The van der Waals surface area contributed by atoms with E-state index in [1.807, 2.05) is 0 Å². The zero-order chi connectivity index (χ0) is 13.1. The number of thioether (sulfide) groups is 1. The Labute approximate surface area is 105 Å². The van der Waals surface area contributed by atoms with Crippen LogP contribution in [0.3, 0.4) is 0 Å². The minimum Gasteiger partial charge on any atom is -0.466 e. The Bertz CT molecular complexity index is 265. The highest BCUT2D eigenvalue weighted by Gasteiger charge is 2.09. The van der Waals surface area contributed by atoms with Crippen molar-refractivity contribution in [3.8, 4) is 0 Å². The van der Waals surface area contributed by atoms with Gasteiger partial charge in [-0.25, -0.2) is 0 Å². The van der Waals surface area contributed by atoms with Crippen molar-refractivity contribution in [3.05, 3.63) is 0 Å². The molecule has 0 radical (unpaired) electrons. The van der Waals surface area contributed by atoms with Gasteiger partial charge in [-0.2, -0.15) is 0 Å². The fraction of sp³-hybridized carbons (Fsp3) is 0.727. The summed E-state index contributed by atoms with van der Waals surface area (Å²) in [5.74, 6) is -0.365. The van der Waals surface area contributed by atoms with Gasteiger partial charge in [0.15, 0.2) is 0 Å². The fourth-order valence-electron chi connectivity index (χ4n) is 0.998. The summed E-state index contributed by atoms with van der Waals surface area (Å²) in [4.78, 5) is 33.2. The average molecular weight is 262 g/mol. The summed E-state index contributed by atoms with van der Waals surface area (Å²) in [5, 5.41) is 0. The van der Waals surface area contributed by atoms with Crippen LogP contribution in [0.25, 0.3) is 0 Å². The molecule has 0 aromatic heterocycles. The Balaban J connectivity index is 3.53. The number of hydrogen-bond acceptors (Lipinski definition) is 6. The monoisotopic (exact) mass is 262 g/mol. The minimum atomic E-state index is -0.365. The van der Waals surface area contributed by atoms with Crippen LogP contribution < -0.4 is 0 Å². The van der Waals surface area contributed by atoms with Gasteiger partial charge in [-0.1, -0.05) is 0 Å². The number of rotatable bonds is 9.